The van der Waals surface area contributed by atoms with E-state index in [4.69, 9.17) is 27.6 Å². The number of para-hydroxylation sites is 1. The number of hydrogen-bond donors (Lipinski definition) is 2. The molecule has 0 bridgehead atoms. The largest absolute Gasteiger partial charge is 0.403 e. The van der Waals surface area contributed by atoms with Gasteiger partial charge in [-0.15, -0.1) is 0 Å². The third-order valence-corrected chi connectivity index (χ3v) is 13.2. The second kappa shape index (κ2) is 12.4. The molecule has 214 valence electrons. The van der Waals surface area contributed by atoms with Gasteiger partial charge in [-0.1, -0.05) is 123 Å². The molecule has 5 aromatic rings. The molecule has 8 heteroatoms. The van der Waals surface area contributed by atoms with Crippen LogP contribution in [0.3, 0.4) is 0 Å². The fraction of sp³-hybridized carbons (Fsp3) is 0.176. The summed E-state index contributed by atoms with van der Waals surface area (Å²) >= 11 is 12.6. The van der Waals surface area contributed by atoms with Gasteiger partial charge in [-0.05, 0) is 39.2 Å². The number of hydrogen-bond acceptors (Lipinski definition) is 4. The van der Waals surface area contributed by atoms with Crippen LogP contribution in [0, 0.1) is 0 Å². The number of amides is 1. The van der Waals surface area contributed by atoms with Crippen molar-refractivity contribution < 1.29 is 14.3 Å². The third kappa shape index (κ3) is 5.61. The van der Waals surface area contributed by atoms with E-state index in [1.807, 2.05) is 24.3 Å². The number of rotatable bonds is 8. The third-order valence-electron chi connectivity index (χ3n) is 7.56. The van der Waals surface area contributed by atoms with E-state index >= 15 is 0 Å². The first kappa shape index (κ1) is 30.0. The van der Waals surface area contributed by atoms with Gasteiger partial charge in [-0.2, -0.15) is 0 Å². The van der Waals surface area contributed by atoms with E-state index in [2.05, 4.69) is 79.6 Å². The maximum absolute atomic E-state index is 13.2. The molecule has 0 fully saturated rings. The summed E-state index contributed by atoms with van der Waals surface area (Å²) < 4.78 is 7.20. The molecule has 0 unspecified atom stereocenters. The molecule has 5 nitrogen and oxygen atoms in total. The first-order valence-electron chi connectivity index (χ1n) is 13.7. The summed E-state index contributed by atoms with van der Waals surface area (Å²) in [4.78, 5) is 17.9. The van der Waals surface area contributed by atoms with Crippen LogP contribution in [0.2, 0.25) is 15.1 Å². The van der Waals surface area contributed by atoms with Crippen molar-refractivity contribution in [1.82, 2.24) is 4.98 Å². The Morgan fingerprint density at radius 3 is 1.98 bits per heavy atom. The number of anilines is 1. The highest BCUT2D eigenvalue weighted by Gasteiger charge is 2.50. The standard InChI is InChI=1S/C34H32Cl2N2O3Si/c1-34(2,3)42(24-12-6-4-7-13-24,25-14-8-5-9-15-25)41-22-27-23(21-39)20-37-32-26(27)16-10-19-30(32)38-33(40)31-28(35)17-11-18-29(31)36/h4-20,39H,21-22H2,1-3H3,(H,38,40). The minimum Gasteiger partial charge on any atom is -0.403 e. The number of carbonyl (C=O) groups is 1. The van der Waals surface area contributed by atoms with Gasteiger partial charge in [0.05, 0.1) is 40.0 Å². The summed E-state index contributed by atoms with van der Waals surface area (Å²) in [5, 5.41) is 16.7. The Labute approximate surface area is 257 Å². The van der Waals surface area contributed by atoms with Gasteiger partial charge in [0.2, 0.25) is 0 Å². The van der Waals surface area contributed by atoms with E-state index in [1.54, 1.807) is 30.5 Å². The molecule has 0 radical (unpaired) electrons. The number of aromatic nitrogens is 1. The molecule has 1 aromatic heterocycles. The SMILES string of the molecule is CC(C)(C)[Si](OCc1c(CO)cnc2c(NC(=O)c3c(Cl)cccc3Cl)cccc12)(c1ccccc1)c1ccccc1. The zero-order valence-corrected chi connectivity index (χ0v) is 26.2. The van der Waals surface area contributed by atoms with Crippen molar-refractivity contribution in [3.63, 3.8) is 0 Å². The highest BCUT2D eigenvalue weighted by Crippen LogP contribution is 2.38. The zero-order chi connectivity index (χ0) is 29.9. The van der Waals surface area contributed by atoms with E-state index in [9.17, 15) is 9.90 Å². The maximum atomic E-state index is 13.2. The number of nitrogens with zero attached hydrogens (tertiary/aromatic N) is 1. The monoisotopic (exact) mass is 614 g/mol. The highest BCUT2D eigenvalue weighted by molar-refractivity contribution is 6.99. The van der Waals surface area contributed by atoms with E-state index in [0.717, 1.165) is 21.3 Å². The lowest BCUT2D eigenvalue weighted by atomic mass is 10.0. The molecule has 0 aliphatic heterocycles. The second-order valence-electron chi connectivity index (χ2n) is 11.1. The van der Waals surface area contributed by atoms with Crippen molar-refractivity contribution in [2.24, 2.45) is 0 Å². The average molecular weight is 616 g/mol. The quantitative estimate of drug-likeness (QED) is 0.179. The van der Waals surface area contributed by atoms with Crippen LogP contribution in [-0.4, -0.2) is 24.3 Å². The number of halogens is 2. The number of benzene rings is 4. The summed E-state index contributed by atoms with van der Waals surface area (Å²) in [6, 6.07) is 31.3. The second-order valence-corrected chi connectivity index (χ2v) is 16.2. The predicted molar refractivity (Wildman–Crippen MR) is 174 cm³/mol. The smallest absolute Gasteiger partial charge is 0.261 e. The molecule has 5 rings (SSSR count). The van der Waals surface area contributed by atoms with Crippen LogP contribution in [0.4, 0.5) is 5.69 Å². The number of fused-ring (bicyclic) bond motifs is 1. The van der Waals surface area contributed by atoms with Crippen molar-refractivity contribution in [1.29, 1.82) is 0 Å². The summed E-state index contributed by atoms with van der Waals surface area (Å²) in [6.07, 6.45) is 1.64. The van der Waals surface area contributed by atoms with Crippen LogP contribution in [0.1, 0.15) is 42.3 Å². The van der Waals surface area contributed by atoms with Gasteiger partial charge in [0.1, 0.15) is 0 Å². The van der Waals surface area contributed by atoms with Gasteiger partial charge >= 0.3 is 0 Å². The summed E-state index contributed by atoms with van der Waals surface area (Å²) in [7, 11) is -2.85. The minimum absolute atomic E-state index is 0.194. The molecular formula is C34H32Cl2N2O3Si. The molecule has 1 heterocycles. The van der Waals surface area contributed by atoms with Crippen LogP contribution in [0.25, 0.3) is 10.9 Å². The molecule has 1 amide bonds. The molecule has 2 N–H and O–H groups in total. The normalized spacial score (nSPS) is 12.0. The Bertz CT molecular complexity index is 1660. The molecule has 0 aliphatic rings. The zero-order valence-electron chi connectivity index (χ0n) is 23.7. The number of carbonyl (C=O) groups excluding carboxylic acids is 1. The summed E-state index contributed by atoms with van der Waals surface area (Å²) in [6.45, 7) is 6.73. The van der Waals surface area contributed by atoms with Crippen LogP contribution in [-0.2, 0) is 17.6 Å². The summed E-state index contributed by atoms with van der Waals surface area (Å²) in [5.41, 5.74) is 2.76. The van der Waals surface area contributed by atoms with E-state index in [1.165, 1.54) is 0 Å². The van der Waals surface area contributed by atoms with Gasteiger partial charge in [0, 0.05) is 17.1 Å². The lowest BCUT2D eigenvalue weighted by Crippen LogP contribution is -2.66. The molecule has 0 aliphatic carbocycles. The van der Waals surface area contributed by atoms with Gasteiger partial charge in [0.25, 0.3) is 14.2 Å². The fourth-order valence-corrected chi connectivity index (χ4v) is 10.7. The number of aliphatic hydroxyl groups excluding tert-OH is 1. The lowest BCUT2D eigenvalue weighted by Gasteiger charge is -2.43. The van der Waals surface area contributed by atoms with Gasteiger partial charge in [0.15, 0.2) is 0 Å². The first-order chi connectivity index (χ1) is 20.2. The van der Waals surface area contributed by atoms with E-state index in [-0.39, 0.29) is 33.9 Å². The Balaban J connectivity index is 1.60. The number of pyridine rings is 1. The van der Waals surface area contributed by atoms with Gasteiger partial charge < -0.3 is 14.8 Å². The van der Waals surface area contributed by atoms with Crippen LogP contribution in [0.15, 0.2) is 103 Å². The Morgan fingerprint density at radius 1 is 0.857 bits per heavy atom. The Morgan fingerprint density at radius 2 is 1.43 bits per heavy atom. The van der Waals surface area contributed by atoms with Crippen molar-refractivity contribution in [2.75, 3.05) is 5.32 Å². The first-order valence-corrected chi connectivity index (χ1v) is 16.3. The van der Waals surface area contributed by atoms with Crippen molar-refractivity contribution in [3.8, 4) is 0 Å². The molecule has 0 saturated carbocycles. The highest BCUT2D eigenvalue weighted by atomic mass is 35.5. The van der Waals surface area contributed by atoms with Gasteiger partial charge in [-0.3, -0.25) is 9.78 Å². The predicted octanol–water partition coefficient (Wildman–Crippen LogP) is 7.36. The van der Waals surface area contributed by atoms with E-state index < -0.39 is 14.2 Å². The minimum atomic E-state index is -2.85. The molecular weight excluding hydrogens is 583 g/mol. The molecule has 42 heavy (non-hydrogen) atoms. The topological polar surface area (TPSA) is 71.5 Å². The maximum Gasteiger partial charge on any atom is 0.261 e. The lowest BCUT2D eigenvalue weighted by molar-refractivity contribution is 0.102. The number of aliphatic hydroxyl groups is 1. The van der Waals surface area contributed by atoms with Crippen molar-refractivity contribution in [3.05, 3.63) is 130 Å². The molecule has 0 atom stereocenters. The number of nitrogens with one attached hydrogen (secondary N) is 1. The molecule has 0 saturated heterocycles. The van der Waals surface area contributed by atoms with Crippen LogP contribution < -0.4 is 15.7 Å². The summed E-state index contributed by atoms with van der Waals surface area (Å²) in [5.74, 6) is -0.434. The van der Waals surface area contributed by atoms with Crippen molar-refractivity contribution >= 4 is 64.4 Å². The van der Waals surface area contributed by atoms with Gasteiger partial charge in [-0.25, -0.2) is 0 Å². The van der Waals surface area contributed by atoms with Crippen LogP contribution >= 0.6 is 23.2 Å². The average Bonchev–Trinajstić information content (AvgIpc) is 2.98. The van der Waals surface area contributed by atoms with Crippen molar-refractivity contribution in [2.45, 2.75) is 39.0 Å². The Hall–Kier alpha value is -3.52. The van der Waals surface area contributed by atoms with Crippen LogP contribution in [0.5, 0.6) is 0 Å². The Kier molecular flexibility index (Phi) is 8.83. The van der Waals surface area contributed by atoms with E-state index in [0.29, 0.717) is 16.8 Å². The molecule has 4 aromatic carbocycles. The fourth-order valence-electron chi connectivity index (χ4n) is 5.57. The molecule has 0 spiro atoms.